The van der Waals surface area contributed by atoms with Crippen LogP contribution in [-0.2, 0) is 6.42 Å². The predicted octanol–water partition coefficient (Wildman–Crippen LogP) is 6.22. The highest BCUT2D eigenvalue weighted by Crippen LogP contribution is 2.38. The minimum atomic E-state index is -1.06. The van der Waals surface area contributed by atoms with Crippen LogP contribution in [0.4, 0.5) is 11.4 Å². The molecule has 0 bridgehead atoms. The SMILES string of the molecule is CCCc1[nH]n(-c2ccc(C)c(C)c2)c(=O)c1N=Nc1cccc(-c2cccc(C(=O)O)c2)c1O. The Hall–Kier alpha value is -4.46. The molecule has 8 heteroatoms. The summed E-state index contributed by atoms with van der Waals surface area (Å²) in [5, 5.41) is 31.7. The van der Waals surface area contributed by atoms with E-state index in [4.69, 9.17) is 0 Å². The minimum Gasteiger partial charge on any atom is -0.505 e. The number of H-pyrrole nitrogens is 1. The highest BCUT2D eigenvalue weighted by atomic mass is 16.4. The Balaban J connectivity index is 1.75. The van der Waals surface area contributed by atoms with Crippen molar-refractivity contribution in [1.29, 1.82) is 0 Å². The van der Waals surface area contributed by atoms with Gasteiger partial charge in [-0.15, -0.1) is 10.2 Å². The molecule has 1 heterocycles. The molecule has 3 N–H and O–H groups in total. The van der Waals surface area contributed by atoms with Crippen molar-refractivity contribution in [2.45, 2.75) is 33.6 Å². The first-order valence-corrected chi connectivity index (χ1v) is 11.3. The van der Waals surface area contributed by atoms with Crippen molar-refractivity contribution in [3.8, 4) is 22.6 Å². The predicted molar refractivity (Wildman–Crippen MR) is 135 cm³/mol. The lowest BCUT2D eigenvalue weighted by Gasteiger charge is -2.07. The standard InChI is InChI=1S/C27H26N4O4/c1-4-7-22-24(26(33)31(30-22)20-13-12-16(2)17(3)14-20)29-28-23-11-6-10-21(25(23)32)18-8-5-9-19(15-18)27(34)35/h5-6,8-15,30,32H,4,7H2,1-3H3,(H,34,35). The third kappa shape index (κ3) is 4.77. The molecule has 0 aliphatic rings. The molecule has 178 valence electrons. The second kappa shape index (κ2) is 9.80. The quantitative estimate of drug-likeness (QED) is 0.278. The number of hydrogen-bond donors (Lipinski definition) is 3. The van der Waals surface area contributed by atoms with Crippen LogP contribution in [0.3, 0.4) is 0 Å². The largest absolute Gasteiger partial charge is 0.505 e. The van der Waals surface area contributed by atoms with Crippen molar-refractivity contribution in [1.82, 2.24) is 9.78 Å². The number of phenols is 1. The van der Waals surface area contributed by atoms with E-state index in [1.165, 1.54) is 16.8 Å². The molecule has 8 nitrogen and oxygen atoms in total. The van der Waals surface area contributed by atoms with Gasteiger partial charge < -0.3 is 10.2 Å². The smallest absolute Gasteiger partial charge is 0.335 e. The average molecular weight is 471 g/mol. The van der Waals surface area contributed by atoms with Gasteiger partial charge >= 0.3 is 5.97 Å². The summed E-state index contributed by atoms with van der Waals surface area (Å²) in [5.74, 6) is -1.21. The molecule has 1 aromatic heterocycles. The fourth-order valence-electron chi connectivity index (χ4n) is 3.82. The lowest BCUT2D eigenvalue weighted by Crippen LogP contribution is -2.14. The van der Waals surface area contributed by atoms with Crippen molar-refractivity contribution >= 4 is 17.3 Å². The summed E-state index contributed by atoms with van der Waals surface area (Å²) in [7, 11) is 0. The first-order chi connectivity index (χ1) is 16.8. The monoisotopic (exact) mass is 470 g/mol. The molecule has 4 rings (SSSR count). The molecule has 0 amide bonds. The molecule has 0 aliphatic carbocycles. The molecule has 0 radical (unpaired) electrons. The van der Waals surface area contributed by atoms with Crippen molar-refractivity contribution < 1.29 is 15.0 Å². The number of aromatic hydroxyl groups is 1. The number of para-hydroxylation sites is 1. The molecule has 35 heavy (non-hydrogen) atoms. The third-order valence-corrected chi connectivity index (χ3v) is 5.88. The van der Waals surface area contributed by atoms with Gasteiger partial charge in [0, 0.05) is 5.56 Å². The number of carbonyl (C=O) groups is 1. The molecule has 0 saturated carbocycles. The van der Waals surface area contributed by atoms with Gasteiger partial charge in [0.25, 0.3) is 5.56 Å². The number of hydrogen-bond acceptors (Lipinski definition) is 5. The number of rotatable bonds is 7. The molecule has 0 spiro atoms. The number of nitrogens with one attached hydrogen (secondary N) is 1. The van der Waals surface area contributed by atoms with Crippen LogP contribution >= 0.6 is 0 Å². The van der Waals surface area contributed by atoms with Gasteiger partial charge in [0.2, 0.25) is 0 Å². The summed E-state index contributed by atoms with van der Waals surface area (Å²) < 4.78 is 1.46. The van der Waals surface area contributed by atoms with E-state index in [1.54, 1.807) is 30.3 Å². The van der Waals surface area contributed by atoms with Gasteiger partial charge in [-0.3, -0.25) is 9.89 Å². The zero-order valence-corrected chi connectivity index (χ0v) is 19.7. The van der Waals surface area contributed by atoms with E-state index in [9.17, 15) is 19.8 Å². The van der Waals surface area contributed by atoms with Crippen LogP contribution in [0.25, 0.3) is 16.8 Å². The maximum atomic E-state index is 13.2. The maximum Gasteiger partial charge on any atom is 0.335 e. The maximum absolute atomic E-state index is 13.2. The van der Waals surface area contributed by atoms with E-state index in [-0.39, 0.29) is 28.2 Å². The van der Waals surface area contributed by atoms with E-state index in [1.807, 2.05) is 39.0 Å². The third-order valence-electron chi connectivity index (χ3n) is 5.88. The van der Waals surface area contributed by atoms with Gasteiger partial charge in [0.15, 0.2) is 11.4 Å². The van der Waals surface area contributed by atoms with Crippen molar-refractivity contribution in [2.75, 3.05) is 0 Å². The summed E-state index contributed by atoms with van der Waals surface area (Å²) in [4.78, 5) is 24.5. The Morgan fingerprint density at radius 2 is 1.77 bits per heavy atom. The van der Waals surface area contributed by atoms with Gasteiger partial charge in [0.05, 0.1) is 16.9 Å². The molecule has 0 unspecified atom stereocenters. The van der Waals surface area contributed by atoms with Gasteiger partial charge in [-0.05, 0) is 67.3 Å². The van der Waals surface area contributed by atoms with Gasteiger partial charge in [-0.2, -0.15) is 0 Å². The normalized spacial score (nSPS) is 11.3. The second-order valence-corrected chi connectivity index (χ2v) is 8.36. The number of phenolic OH excluding ortho intramolecular Hbond substituents is 1. The van der Waals surface area contributed by atoms with Crippen molar-refractivity contribution in [3.05, 3.63) is 93.4 Å². The summed E-state index contributed by atoms with van der Waals surface area (Å²) in [6, 6.07) is 17.0. The summed E-state index contributed by atoms with van der Waals surface area (Å²) >= 11 is 0. The second-order valence-electron chi connectivity index (χ2n) is 8.36. The molecule has 0 saturated heterocycles. The number of carboxylic acids is 1. The molecule has 3 aromatic carbocycles. The van der Waals surface area contributed by atoms with Crippen LogP contribution in [0.5, 0.6) is 5.75 Å². The highest BCUT2D eigenvalue weighted by molar-refractivity contribution is 5.90. The fourth-order valence-corrected chi connectivity index (χ4v) is 3.82. The molecular weight excluding hydrogens is 444 g/mol. The van der Waals surface area contributed by atoms with Gasteiger partial charge in [0.1, 0.15) is 5.69 Å². The summed E-state index contributed by atoms with van der Waals surface area (Å²) in [5.41, 5.74) is 4.65. The number of aromatic nitrogens is 2. The summed E-state index contributed by atoms with van der Waals surface area (Å²) in [6.07, 6.45) is 1.41. The average Bonchev–Trinajstić information content (AvgIpc) is 3.15. The lowest BCUT2D eigenvalue weighted by atomic mass is 10.0. The van der Waals surface area contributed by atoms with Crippen LogP contribution in [0.2, 0.25) is 0 Å². The highest BCUT2D eigenvalue weighted by Gasteiger charge is 2.16. The molecule has 4 aromatic rings. The zero-order valence-electron chi connectivity index (χ0n) is 19.7. The first-order valence-electron chi connectivity index (χ1n) is 11.3. The number of aromatic carboxylic acids is 1. The van der Waals surface area contributed by atoms with E-state index in [2.05, 4.69) is 15.3 Å². The topological polar surface area (TPSA) is 120 Å². The Labute approximate surface area is 202 Å². The number of aryl methyl sites for hydroxylation is 3. The number of carboxylic acid groups (broad SMARTS) is 1. The van der Waals surface area contributed by atoms with E-state index in [0.29, 0.717) is 28.9 Å². The van der Waals surface area contributed by atoms with Crippen molar-refractivity contribution in [2.24, 2.45) is 10.2 Å². The number of aromatic amines is 1. The number of azo groups is 1. The zero-order chi connectivity index (χ0) is 25.1. The Kier molecular flexibility index (Phi) is 6.64. The van der Waals surface area contributed by atoms with E-state index >= 15 is 0 Å². The fraction of sp³-hybridized carbons (Fsp3) is 0.185. The first kappa shape index (κ1) is 23.7. The van der Waals surface area contributed by atoms with Gasteiger partial charge in [-0.1, -0.05) is 43.7 Å². The van der Waals surface area contributed by atoms with Crippen LogP contribution in [0.15, 0.2) is 75.7 Å². The van der Waals surface area contributed by atoms with Crippen LogP contribution in [0, 0.1) is 13.8 Å². The minimum absolute atomic E-state index is 0.109. The van der Waals surface area contributed by atoms with Crippen LogP contribution in [-0.4, -0.2) is 26.0 Å². The number of nitrogens with zero attached hydrogens (tertiary/aromatic N) is 3. The van der Waals surface area contributed by atoms with Gasteiger partial charge in [-0.25, -0.2) is 9.48 Å². The number of benzene rings is 3. The molecule has 0 atom stereocenters. The molecule has 0 fully saturated rings. The van der Waals surface area contributed by atoms with E-state index < -0.39 is 5.97 Å². The Morgan fingerprint density at radius 1 is 1.00 bits per heavy atom. The van der Waals surface area contributed by atoms with Crippen LogP contribution < -0.4 is 5.56 Å². The van der Waals surface area contributed by atoms with Crippen molar-refractivity contribution in [3.63, 3.8) is 0 Å². The Bertz CT molecular complexity index is 1500. The molecule has 0 aliphatic heterocycles. The lowest BCUT2D eigenvalue weighted by molar-refractivity contribution is 0.0697. The summed E-state index contributed by atoms with van der Waals surface area (Å²) in [6.45, 7) is 6.01. The van der Waals surface area contributed by atoms with E-state index in [0.717, 1.165) is 17.5 Å². The Morgan fingerprint density at radius 3 is 2.49 bits per heavy atom. The molecular formula is C27H26N4O4. The van der Waals surface area contributed by atoms with Crippen LogP contribution in [0.1, 0.15) is 40.5 Å².